The van der Waals surface area contributed by atoms with E-state index in [1.54, 1.807) is 0 Å². The van der Waals surface area contributed by atoms with Gasteiger partial charge in [-0.25, -0.2) is 10.4 Å². The van der Waals surface area contributed by atoms with Crippen LogP contribution in [-0.4, -0.2) is 11.7 Å². The van der Waals surface area contributed by atoms with Crippen LogP contribution < -0.4 is 11.2 Å². The maximum atomic E-state index is 5.97. The number of nitrogens with one attached hydrogen (secondary N) is 1. The first-order chi connectivity index (χ1) is 12.2. The molecule has 0 fully saturated rings. The fraction of sp³-hybridized carbons (Fsp3) is 0.0476. The van der Waals surface area contributed by atoms with Crippen molar-refractivity contribution in [1.82, 2.24) is 5.43 Å². The number of benzene rings is 3. The molecule has 3 rings (SSSR count). The second-order valence-electron chi connectivity index (χ2n) is 5.64. The van der Waals surface area contributed by atoms with Crippen molar-refractivity contribution in [2.24, 2.45) is 15.8 Å². The molecular formula is C21H20N4. The predicted molar refractivity (Wildman–Crippen MR) is 104 cm³/mol. The average molecular weight is 328 g/mol. The molecular weight excluding hydrogens is 308 g/mol. The Labute approximate surface area is 147 Å². The topological polar surface area (TPSA) is 62.8 Å². The highest BCUT2D eigenvalue weighted by Crippen LogP contribution is 2.12. The lowest BCUT2D eigenvalue weighted by Gasteiger charge is -2.09. The van der Waals surface area contributed by atoms with Gasteiger partial charge in [0.1, 0.15) is 0 Å². The van der Waals surface area contributed by atoms with Crippen molar-refractivity contribution in [3.8, 4) is 0 Å². The van der Waals surface area contributed by atoms with Gasteiger partial charge in [0.15, 0.2) is 0 Å². The maximum absolute atomic E-state index is 5.97. The number of hydrogen-bond donors (Lipinski definition) is 2. The molecule has 0 spiro atoms. The van der Waals surface area contributed by atoms with Crippen LogP contribution in [0.4, 0.5) is 5.69 Å². The second kappa shape index (κ2) is 7.93. The molecule has 3 aromatic rings. The number of nitrogens with zero attached hydrogens (tertiary/aromatic N) is 2. The highest BCUT2D eigenvalue weighted by Gasteiger charge is 2.07. The molecule has 0 bridgehead atoms. The third-order valence-corrected chi connectivity index (χ3v) is 3.66. The van der Waals surface area contributed by atoms with E-state index in [0.29, 0.717) is 0 Å². The van der Waals surface area contributed by atoms with Crippen molar-refractivity contribution in [2.45, 2.75) is 6.92 Å². The molecule has 0 amide bonds. The summed E-state index contributed by atoms with van der Waals surface area (Å²) in [7, 11) is 0. The third kappa shape index (κ3) is 4.54. The van der Waals surface area contributed by atoms with Crippen LogP contribution in [0.15, 0.2) is 95.0 Å². The van der Waals surface area contributed by atoms with Crippen molar-refractivity contribution in [3.63, 3.8) is 0 Å². The van der Waals surface area contributed by atoms with E-state index in [1.807, 2.05) is 72.8 Å². The van der Waals surface area contributed by atoms with Crippen LogP contribution in [0.5, 0.6) is 0 Å². The minimum absolute atomic E-state index is 0.242. The monoisotopic (exact) mass is 328 g/mol. The zero-order valence-corrected chi connectivity index (χ0v) is 14.1. The molecule has 0 heterocycles. The standard InChI is InChI=1S/C21H20N4/c1-16-12-14-18(15-13-16)20(17-8-4-2-5-9-17)24-25-21(22)23-19-10-6-3-7-11-19/h2-15H,1H3,(H3,22,23,25)/b24-20+. The van der Waals surface area contributed by atoms with Gasteiger partial charge < -0.3 is 5.73 Å². The van der Waals surface area contributed by atoms with Crippen LogP contribution in [-0.2, 0) is 0 Å². The van der Waals surface area contributed by atoms with Gasteiger partial charge in [-0.15, -0.1) is 0 Å². The first kappa shape index (κ1) is 16.5. The van der Waals surface area contributed by atoms with Gasteiger partial charge in [-0.2, -0.15) is 5.10 Å². The Bertz CT molecular complexity index is 867. The highest BCUT2D eigenvalue weighted by atomic mass is 15.4. The van der Waals surface area contributed by atoms with Gasteiger partial charge in [-0.3, -0.25) is 0 Å². The average Bonchev–Trinajstić information content (AvgIpc) is 2.65. The Kier molecular flexibility index (Phi) is 5.22. The summed E-state index contributed by atoms with van der Waals surface area (Å²) in [5.41, 5.74) is 13.6. The number of nitrogens with two attached hydrogens (primary N) is 1. The maximum Gasteiger partial charge on any atom is 0.214 e. The SMILES string of the molecule is Cc1ccc(/C(=N/NC(N)=Nc2ccccc2)c2ccccc2)cc1. The molecule has 0 saturated heterocycles. The number of aryl methyl sites for hydroxylation is 1. The lowest BCUT2D eigenvalue weighted by Crippen LogP contribution is -2.28. The summed E-state index contributed by atoms with van der Waals surface area (Å²) in [4.78, 5) is 4.31. The van der Waals surface area contributed by atoms with E-state index in [0.717, 1.165) is 22.5 Å². The van der Waals surface area contributed by atoms with Crippen LogP contribution in [0, 0.1) is 6.92 Å². The van der Waals surface area contributed by atoms with E-state index in [-0.39, 0.29) is 5.96 Å². The lowest BCUT2D eigenvalue weighted by molar-refractivity contribution is 1.01. The molecule has 0 aliphatic heterocycles. The Hall–Kier alpha value is -3.40. The molecule has 3 aromatic carbocycles. The lowest BCUT2D eigenvalue weighted by atomic mass is 10.0. The smallest absolute Gasteiger partial charge is 0.214 e. The number of rotatable bonds is 4. The van der Waals surface area contributed by atoms with Gasteiger partial charge in [0, 0.05) is 11.1 Å². The first-order valence-electron chi connectivity index (χ1n) is 8.08. The molecule has 25 heavy (non-hydrogen) atoms. The van der Waals surface area contributed by atoms with Crippen LogP contribution in [0.25, 0.3) is 0 Å². The van der Waals surface area contributed by atoms with Gasteiger partial charge >= 0.3 is 0 Å². The highest BCUT2D eigenvalue weighted by molar-refractivity contribution is 6.13. The molecule has 4 heteroatoms. The third-order valence-electron chi connectivity index (χ3n) is 3.66. The molecule has 3 N–H and O–H groups in total. The predicted octanol–water partition coefficient (Wildman–Crippen LogP) is 3.98. The molecule has 0 unspecified atom stereocenters. The summed E-state index contributed by atoms with van der Waals surface area (Å²) in [6.07, 6.45) is 0. The Balaban J connectivity index is 1.90. The Morgan fingerprint density at radius 2 is 1.32 bits per heavy atom. The molecule has 124 valence electrons. The second-order valence-corrected chi connectivity index (χ2v) is 5.64. The quantitative estimate of drug-likeness (QED) is 0.432. The van der Waals surface area contributed by atoms with E-state index >= 15 is 0 Å². The minimum Gasteiger partial charge on any atom is -0.368 e. The Morgan fingerprint density at radius 1 is 0.760 bits per heavy atom. The number of hydrogen-bond acceptors (Lipinski definition) is 2. The van der Waals surface area contributed by atoms with Gasteiger partial charge in [-0.05, 0) is 19.1 Å². The fourth-order valence-electron chi connectivity index (χ4n) is 2.38. The first-order valence-corrected chi connectivity index (χ1v) is 8.08. The van der Waals surface area contributed by atoms with E-state index < -0.39 is 0 Å². The summed E-state index contributed by atoms with van der Waals surface area (Å²) in [5.74, 6) is 0.242. The Morgan fingerprint density at radius 3 is 1.96 bits per heavy atom. The summed E-state index contributed by atoms with van der Waals surface area (Å²) in [6, 6.07) is 27.8. The fourth-order valence-corrected chi connectivity index (χ4v) is 2.38. The molecule has 0 aliphatic rings. The van der Waals surface area contributed by atoms with Crippen molar-refractivity contribution in [3.05, 3.63) is 102 Å². The van der Waals surface area contributed by atoms with Gasteiger partial charge in [0.25, 0.3) is 0 Å². The van der Waals surface area contributed by atoms with Crippen LogP contribution in [0.2, 0.25) is 0 Å². The van der Waals surface area contributed by atoms with Crippen molar-refractivity contribution < 1.29 is 0 Å². The molecule has 0 aromatic heterocycles. The summed E-state index contributed by atoms with van der Waals surface area (Å²) in [5, 5.41) is 4.50. The molecule has 0 saturated carbocycles. The number of aliphatic imine (C=N–C) groups is 1. The summed E-state index contributed by atoms with van der Waals surface area (Å²) >= 11 is 0. The van der Waals surface area contributed by atoms with Crippen LogP contribution in [0.3, 0.4) is 0 Å². The van der Waals surface area contributed by atoms with Gasteiger partial charge in [0.2, 0.25) is 5.96 Å². The number of guanidine groups is 1. The summed E-state index contributed by atoms with van der Waals surface area (Å²) < 4.78 is 0. The van der Waals surface area contributed by atoms with E-state index in [9.17, 15) is 0 Å². The molecule has 0 aliphatic carbocycles. The van der Waals surface area contributed by atoms with Crippen LogP contribution in [0.1, 0.15) is 16.7 Å². The van der Waals surface area contributed by atoms with Crippen LogP contribution >= 0.6 is 0 Å². The van der Waals surface area contributed by atoms with Crippen molar-refractivity contribution in [1.29, 1.82) is 0 Å². The van der Waals surface area contributed by atoms with E-state index in [2.05, 4.69) is 34.6 Å². The van der Waals surface area contributed by atoms with Crippen molar-refractivity contribution >= 4 is 17.4 Å². The molecule has 4 nitrogen and oxygen atoms in total. The molecule has 0 atom stereocenters. The normalized spacial score (nSPS) is 12.0. The van der Waals surface area contributed by atoms with E-state index in [1.165, 1.54) is 5.56 Å². The van der Waals surface area contributed by atoms with Crippen molar-refractivity contribution in [2.75, 3.05) is 0 Å². The minimum atomic E-state index is 0.242. The largest absolute Gasteiger partial charge is 0.368 e. The zero-order chi connectivity index (χ0) is 17.5. The number of para-hydroxylation sites is 1. The van der Waals surface area contributed by atoms with Gasteiger partial charge in [-0.1, -0.05) is 78.4 Å². The molecule has 0 radical (unpaired) electrons. The van der Waals surface area contributed by atoms with Gasteiger partial charge in [0.05, 0.1) is 11.4 Å². The summed E-state index contributed by atoms with van der Waals surface area (Å²) in [6.45, 7) is 2.06. The zero-order valence-electron chi connectivity index (χ0n) is 14.1. The van der Waals surface area contributed by atoms with E-state index in [4.69, 9.17) is 5.73 Å². The number of hydrazone groups is 1.